The lowest BCUT2D eigenvalue weighted by Gasteiger charge is -2.54. The van der Waals surface area contributed by atoms with Crippen LogP contribution in [0, 0.1) is 10.8 Å². The van der Waals surface area contributed by atoms with E-state index in [0.29, 0.717) is 0 Å². The lowest BCUT2D eigenvalue weighted by molar-refractivity contribution is -0.143. The van der Waals surface area contributed by atoms with E-state index in [9.17, 15) is 4.79 Å². The Balaban J connectivity index is 1.59. The Morgan fingerprint density at radius 2 is 1.69 bits per heavy atom. The zero-order chi connectivity index (χ0) is 18.2. The number of aromatic nitrogens is 1. The fourth-order valence-corrected chi connectivity index (χ4v) is 6.29. The molecule has 1 aromatic heterocycles. The molecule has 1 saturated heterocycles. The standard InChI is InChI=1S/C22H28N2O2/c1-20-10-21(2,18(25)23-13-20)12-22(3,11-20)19-24-16-8-14-6-4-5-7-15(14)9-17(16)26-19/h8-9H,4-7,10-13H2,1-3H3,(H,23,25)/t20?,21-,22+/m0/s1. The first-order valence-electron chi connectivity index (χ1n) is 10.00. The predicted octanol–water partition coefficient (Wildman–Crippen LogP) is 4.29. The van der Waals surface area contributed by atoms with Gasteiger partial charge in [-0.2, -0.15) is 0 Å². The molecular formula is C22H28N2O2. The van der Waals surface area contributed by atoms with Gasteiger partial charge in [-0.1, -0.05) is 20.8 Å². The van der Waals surface area contributed by atoms with Gasteiger partial charge >= 0.3 is 0 Å². The van der Waals surface area contributed by atoms with Crippen LogP contribution in [-0.4, -0.2) is 17.4 Å². The molecular weight excluding hydrogens is 324 g/mol. The van der Waals surface area contributed by atoms with Crippen LogP contribution in [0.15, 0.2) is 16.5 Å². The van der Waals surface area contributed by atoms with Crippen LogP contribution in [0.4, 0.5) is 0 Å². The number of hydrogen-bond acceptors (Lipinski definition) is 3. The predicted molar refractivity (Wildman–Crippen MR) is 101 cm³/mol. The number of carbonyl (C=O) groups is 1. The third-order valence-corrected chi connectivity index (χ3v) is 7.01. The number of amides is 1. The molecule has 5 rings (SSSR count). The Hall–Kier alpha value is -1.84. The summed E-state index contributed by atoms with van der Waals surface area (Å²) >= 11 is 0. The molecule has 2 heterocycles. The number of benzene rings is 1. The molecule has 3 atom stereocenters. The van der Waals surface area contributed by atoms with Gasteiger partial charge in [0.1, 0.15) is 5.52 Å². The van der Waals surface area contributed by atoms with Crippen molar-refractivity contribution >= 4 is 17.0 Å². The minimum atomic E-state index is -0.333. The van der Waals surface area contributed by atoms with Gasteiger partial charge in [0.25, 0.3) is 0 Å². The Bertz CT molecular complexity index is 873. The summed E-state index contributed by atoms with van der Waals surface area (Å²) in [6, 6.07) is 4.45. The first-order valence-corrected chi connectivity index (χ1v) is 10.00. The van der Waals surface area contributed by atoms with Crippen LogP contribution in [-0.2, 0) is 23.1 Å². The maximum Gasteiger partial charge on any atom is 0.226 e. The van der Waals surface area contributed by atoms with E-state index in [2.05, 4.69) is 38.2 Å². The molecule has 4 nitrogen and oxygen atoms in total. The van der Waals surface area contributed by atoms with Gasteiger partial charge in [-0.05, 0) is 73.6 Å². The van der Waals surface area contributed by atoms with E-state index < -0.39 is 0 Å². The van der Waals surface area contributed by atoms with Crippen LogP contribution in [0.1, 0.15) is 69.9 Å². The lowest BCUT2D eigenvalue weighted by Crippen LogP contribution is -2.59. The average molecular weight is 352 g/mol. The summed E-state index contributed by atoms with van der Waals surface area (Å²) in [5.41, 5.74) is 4.34. The van der Waals surface area contributed by atoms with Crippen LogP contribution in [0.3, 0.4) is 0 Å². The topological polar surface area (TPSA) is 55.1 Å². The third kappa shape index (κ3) is 2.34. The Labute approximate surface area is 154 Å². The van der Waals surface area contributed by atoms with Crippen molar-refractivity contribution in [2.75, 3.05) is 6.54 Å². The van der Waals surface area contributed by atoms with Crippen molar-refractivity contribution in [2.24, 2.45) is 10.8 Å². The van der Waals surface area contributed by atoms with E-state index in [-0.39, 0.29) is 22.2 Å². The van der Waals surface area contributed by atoms with Crippen molar-refractivity contribution in [1.29, 1.82) is 0 Å². The third-order valence-electron chi connectivity index (χ3n) is 7.01. The number of carbonyl (C=O) groups excluding carboxylic acids is 1. The molecule has 0 spiro atoms. The SMILES string of the molecule is CC12CNC(=O)[C@@](C)(C1)C[C@](C)(c1nc3cc4c(cc3o1)CCCC4)C2. The second-order valence-corrected chi connectivity index (χ2v) is 9.96. The van der Waals surface area contributed by atoms with E-state index in [0.717, 1.165) is 55.6 Å². The monoisotopic (exact) mass is 352 g/mol. The van der Waals surface area contributed by atoms with Gasteiger partial charge in [0.15, 0.2) is 5.58 Å². The van der Waals surface area contributed by atoms with Gasteiger partial charge in [-0.15, -0.1) is 0 Å². The number of nitrogens with one attached hydrogen (secondary N) is 1. The molecule has 2 fully saturated rings. The van der Waals surface area contributed by atoms with Crippen molar-refractivity contribution in [3.8, 4) is 0 Å². The normalized spacial score (nSPS) is 36.7. The molecule has 138 valence electrons. The fraction of sp³-hybridized carbons (Fsp3) is 0.636. The summed E-state index contributed by atoms with van der Waals surface area (Å²) in [4.78, 5) is 17.5. The first kappa shape index (κ1) is 16.3. The number of rotatable bonds is 1. The maximum absolute atomic E-state index is 12.6. The number of hydrogen-bond donors (Lipinski definition) is 1. The molecule has 1 unspecified atom stereocenters. The molecule has 1 N–H and O–H groups in total. The second-order valence-electron chi connectivity index (χ2n) is 9.96. The molecule has 3 aliphatic rings. The minimum Gasteiger partial charge on any atom is -0.440 e. The smallest absolute Gasteiger partial charge is 0.226 e. The van der Waals surface area contributed by atoms with Crippen LogP contribution in [0.5, 0.6) is 0 Å². The van der Waals surface area contributed by atoms with Crippen LogP contribution >= 0.6 is 0 Å². The number of fused-ring (bicyclic) bond motifs is 4. The maximum atomic E-state index is 12.6. The van der Waals surface area contributed by atoms with Gasteiger partial charge in [0.2, 0.25) is 11.8 Å². The van der Waals surface area contributed by atoms with Gasteiger partial charge in [-0.25, -0.2) is 4.98 Å². The molecule has 1 aromatic carbocycles. The average Bonchev–Trinajstić information content (AvgIpc) is 2.99. The molecule has 1 aliphatic heterocycles. The molecule has 1 saturated carbocycles. The fourth-order valence-electron chi connectivity index (χ4n) is 6.29. The molecule has 2 aromatic rings. The second kappa shape index (κ2) is 5.11. The van der Waals surface area contributed by atoms with Gasteiger partial charge in [0.05, 0.1) is 0 Å². The lowest BCUT2D eigenvalue weighted by atomic mass is 9.52. The van der Waals surface area contributed by atoms with E-state index in [1.165, 1.54) is 24.0 Å². The summed E-state index contributed by atoms with van der Waals surface area (Å²) in [5.74, 6) is 1.01. The molecule has 4 heteroatoms. The summed E-state index contributed by atoms with van der Waals surface area (Å²) in [6.07, 6.45) is 7.60. The number of nitrogens with zero attached hydrogens (tertiary/aromatic N) is 1. The van der Waals surface area contributed by atoms with Crippen molar-refractivity contribution in [3.63, 3.8) is 0 Å². The zero-order valence-corrected chi connectivity index (χ0v) is 16.1. The van der Waals surface area contributed by atoms with Crippen LogP contribution in [0.2, 0.25) is 0 Å². The molecule has 2 aliphatic carbocycles. The van der Waals surface area contributed by atoms with Gasteiger partial charge in [-0.3, -0.25) is 4.79 Å². The van der Waals surface area contributed by atoms with Crippen molar-refractivity contribution in [1.82, 2.24) is 10.3 Å². The molecule has 0 radical (unpaired) electrons. The summed E-state index contributed by atoms with van der Waals surface area (Å²) in [7, 11) is 0. The zero-order valence-electron chi connectivity index (χ0n) is 16.1. The highest BCUT2D eigenvalue weighted by atomic mass is 16.3. The van der Waals surface area contributed by atoms with E-state index in [1.807, 2.05) is 0 Å². The van der Waals surface area contributed by atoms with Gasteiger partial charge in [0, 0.05) is 17.4 Å². The number of aryl methyl sites for hydroxylation is 2. The highest BCUT2D eigenvalue weighted by Crippen LogP contribution is 2.56. The highest BCUT2D eigenvalue weighted by Gasteiger charge is 2.57. The number of piperidine rings is 1. The Morgan fingerprint density at radius 3 is 2.46 bits per heavy atom. The van der Waals surface area contributed by atoms with Crippen molar-refractivity contribution < 1.29 is 9.21 Å². The Kier molecular flexibility index (Phi) is 3.21. The highest BCUT2D eigenvalue weighted by molar-refractivity contribution is 5.84. The van der Waals surface area contributed by atoms with E-state index in [1.54, 1.807) is 0 Å². The number of oxazole rings is 1. The van der Waals surface area contributed by atoms with Crippen LogP contribution in [0.25, 0.3) is 11.1 Å². The summed E-state index contributed by atoms with van der Waals surface area (Å²) in [6.45, 7) is 7.40. The first-order chi connectivity index (χ1) is 12.3. The Morgan fingerprint density at radius 1 is 1.00 bits per heavy atom. The molecule has 26 heavy (non-hydrogen) atoms. The van der Waals surface area contributed by atoms with E-state index in [4.69, 9.17) is 9.40 Å². The van der Waals surface area contributed by atoms with Crippen molar-refractivity contribution in [3.05, 3.63) is 29.2 Å². The summed E-state index contributed by atoms with van der Waals surface area (Å²) < 4.78 is 6.32. The van der Waals surface area contributed by atoms with Crippen molar-refractivity contribution in [2.45, 2.75) is 71.1 Å². The summed E-state index contributed by atoms with van der Waals surface area (Å²) in [5, 5.41) is 3.13. The molecule has 2 bridgehead atoms. The largest absolute Gasteiger partial charge is 0.440 e. The molecule has 1 amide bonds. The minimum absolute atomic E-state index is 0.107. The van der Waals surface area contributed by atoms with Crippen LogP contribution < -0.4 is 5.32 Å². The van der Waals surface area contributed by atoms with E-state index >= 15 is 0 Å². The van der Waals surface area contributed by atoms with Gasteiger partial charge < -0.3 is 9.73 Å². The quantitative estimate of drug-likeness (QED) is 0.833.